The van der Waals surface area contributed by atoms with Gasteiger partial charge in [-0.15, -0.1) is 0 Å². The van der Waals surface area contributed by atoms with Gasteiger partial charge in [0.05, 0.1) is 11.7 Å². The van der Waals surface area contributed by atoms with Crippen LogP contribution in [-0.2, 0) is 0 Å². The molecule has 0 radical (unpaired) electrons. The first-order valence-corrected chi connectivity index (χ1v) is 3.66. The van der Waals surface area contributed by atoms with Crippen molar-refractivity contribution >= 4 is 29.2 Å². The zero-order chi connectivity index (χ0) is 7.68. The van der Waals surface area contributed by atoms with Crippen LogP contribution in [0.4, 0.5) is 0 Å². The van der Waals surface area contributed by atoms with E-state index in [4.69, 9.17) is 0 Å². The standard InChI is InChI=1S/C6H3N3OS/c10-3-4-1-5-6(7-2-4)9-11-8-5/h1-3H. The highest BCUT2D eigenvalue weighted by atomic mass is 32.1. The molecule has 0 bridgehead atoms. The van der Waals surface area contributed by atoms with Crippen LogP contribution in [-0.4, -0.2) is 20.0 Å². The number of carbonyl (C=O) groups excluding carboxylic acids is 1. The molecule has 0 saturated carbocycles. The largest absolute Gasteiger partial charge is 0.298 e. The lowest BCUT2D eigenvalue weighted by Crippen LogP contribution is -1.82. The molecule has 2 rings (SSSR count). The number of pyridine rings is 1. The van der Waals surface area contributed by atoms with E-state index in [0.29, 0.717) is 16.7 Å². The fourth-order valence-electron chi connectivity index (χ4n) is 0.767. The Bertz CT molecular complexity index is 397. The predicted octanol–water partition coefficient (Wildman–Crippen LogP) is 0.899. The lowest BCUT2D eigenvalue weighted by Gasteiger charge is -1.85. The van der Waals surface area contributed by atoms with E-state index in [2.05, 4.69) is 13.7 Å². The molecule has 11 heavy (non-hydrogen) atoms. The minimum absolute atomic E-state index is 0.533. The normalized spacial score (nSPS) is 10.2. The Balaban J connectivity index is 2.76. The van der Waals surface area contributed by atoms with Crippen molar-refractivity contribution in [1.29, 1.82) is 0 Å². The number of hydrogen-bond acceptors (Lipinski definition) is 5. The molecule has 0 aromatic carbocycles. The molecule has 0 aliphatic carbocycles. The highest BCUT2D eigenvalue weighted by Crippen LogP contribution is 2.08. The number of nitrogens with zero attached hydrogens (tertiary/aromatic N) is 3. The van der Waals surface area contributed by atoms with Crippen molar-refractivity contribution in [3.63, 3.8) is 0 Å². The van der Waals surface area contributed by atoms with Gasteiger partial charge in [-0.05, 0) is 6.07 Å². The third-order valence-electron chi connectivity index (χ3n) is 1.27. The number of hydrogen-bond donors (Lipinski definition) is 0. The SMILES string of the molecule is O=Cc1cnc2nsnc2c1. The fourth-order valence-corrected chi connectivity index (χ4v) is 1.25. The van der Waals surface area contributed by atoms with Crippen LogP contribution in [0.2, 0.25) is 0 Å². The van der Waals surface area contributed by atoms with E-state index in [1.165, 1.54) is 6.20 Å². The van der Waals surface area contributed by atoms with Crippen LogP contribution in [0, 0.1) is 0 Å². The van der Waals surface area contributed by atoms with E-state index in [9.17, 15) is 4.79 Å². The monoisotopic (exact) mass is 165 g/mol. The Kier molecular flexibility index (Phi) is 1.36. The van der Waals surface area contributed by atoms with Crippen molar-refractivity contribution in [2.45, 2.75) is 0 Å². The number of fused-ring (bicyclic) bond motifs is 1. The van der Waals surface area contributed by atoms with Crippen LogP contribution in [0.1, 0.15) is 10.4 Å². The third-order valence-corrected chi connectivity index (χ3v) is 1.80. The Hall–Kier alpha value is -1.36. The number of aldehydes is 1. The van der Waals surface area contributed by atoms with E-state index in [1.807, 2.05) is 0 Å². The highest BCUT2D eigenvalue weighted by molar-refractivity contribution is 7.00. The minimum Gasteiger partial charge on any atom is -0.298 e. The van der Waals surface area contributed by atoms with Gasteiger partial charge < -0.3 is 0 Å². The molecule has 54 valence electrons. The third kappa shape index (κ3) is 0.988. The molecule has 0 spiro atoms. The summed E-state index contributed by atoms with van der Waals surface area (Å²) >= 11 is 1.09. The van der Waals surface area contributed by atoms with Crippen LogP contribution >= 0.6 is 11.7 Å². The van der Waals surface area contributed by atoms with E-state index < -0.39 is 0 Å². The average molecular weight is 165 g/mol. The summed E-state index contributed by atoms with van der Waals surface area (Å²) in [5, 5.41) is 0. The molecule has 2 aromatic heterocycles. The first-order chi connectivity index (χ1) is 5.40. The maximum atomic E-state index is 10.3. The maximum absolute atomic E-state index is 10.3. The van der Waals surface area contributed by atoms with E-state index >= 15 is 0 Å². The smallest absolute Gasteiger partial charge is 0.193 e. The number of rotatable bonds is 1. The summed E-state index contributed by atoms with van der Waals surface area (Å²) in [7, 11) is 0. The summed E-state index contributed by atoms with van der Waals surface area (Å²) in [4.78, 5) is 14.2. The summed E-state index contributed by atoms with van der Waals surface area (Å²) < 4.78 is 7.83. The predicted molar refractivity (Wildman–Crippen MR) is 40.6 cm³/mol. The molecule has 0 N–H and O–H groups in total. The van der Waals surface area contributed by atoms with E-state index in [1.54, 1.807) is 6.07 Å². The van der Waals surface area contributed by atoms with Gasteiger partial charge in [-0.1, -0.05) is 0 Å². The summed E-state index contributed by atoms with van der Waals surface area (Å²) in [6, 6.07) is 1.67. The van der Waals surface area contributed by atoms with Crippen LogP contribution in [0.15, 0.2) is 12.3 Å². The lowest BCUT2D eigenvalue weighted by molar-refractivity contribution is 0.112. The van der Waals surface area contributed by atoms with Crippen molar-refractivity contribution in [3.8, 4) is 0 Å². The van der Waals surface area contributed by atoms with Crippen LogP contribution in [0.3, 0.4) is 0 Å². The van der Waals surface area contributed by atoms with E-state index in [-0.39, 0.29) is 0 Å². The molecule has 0 saturated heterocycles. The molecule has 2 aromatic rings. The zero-order valence-electron chi connectivity index (χ0n) is 5.39. The second-order valence-electron chi connectivity index (χ2n) is 1.99. The molecular formula is C6H3N3OS. The molecule has 0 atom stereocenters. The number of carbonyl (C=O) groups is 1. The van der Waals surface area contributed by atoms with E-state index in [0.717, 1.165) is 18.0 Å². The Labute approximate surface area is 66.2 Å². The van der Waals surface area contributed by atoms with Crippen LogP contribution in [0.5, 0.6) is 0 Å². The van der Waals surface area contributed by atoms with Gasteiger partial charge in [-0.3, -0.25) is 4.79 Å². The average Bonchev–Trinajstić information content (AvgIpc) is 2.50. The molecule has 0 aliphatic heterocycles. The molecule has 0 fully saturated rings. The van der Waals surface area contributed by atoms with Gasteiger partial charge in [0.1, 0.15) is 5.52 Å². The highest BCUT2D eigenvalue weighted by Gasteiger charge is 1.99. The van der Waals surface area contributed by atoms with Crippen molar-refractivity contribution in [2.24, 2.45) is 0 Å². The first-order valence-electron chi connectivity index (χ1n) is 2.93. The molecule has 0 amide bonds. The minimum atomic E-state index is 0.533. The topological polar surface area (TPSA) is 55.7 Å². The van der Waals surface area contributed by atoms with Gasteiger partial charge >= 0.3 is 0 Å². The van der Waals surface area contributed by atoms with Crippen molar-refractivity contribution in [3.05, 3.63) is 17.8 Å². The summed E-state index contributed by atoms with van der Waals surface area (Å²) in [5.41, 5.74) is 1.81. The van der Waals surface area contributed by atoms with Gasteiger partial charge in [-0.25, -0.2) is 4.98 Å². The van der Waals surface area contributed by atoms with Gasteiger partial charge in [0.15, 0.2) is 11.9 Å². The molecule has 0 unspecified atom stereocenters. The summed E-state index contributed by atoms with van der Waals surface area (Å²) in [6.45, 7) is 0. The first kappa shape index (κ1) is 6.36. The molecule has 2 heterocycles. The fraction of sp³-hybridized carbons (Fsp3) is 0. The Morgan fingerprint density at radius 3 is 3.18 bits per heavy atom. The van der Waals surface area contributed by atoms with Gasteiger partial charge in [0.25, 0.3) is 0 Å². The zero-order valence-corrected chi connectivity index (χ0v) is 6.21. The maximum Gasteiger partial charge on any atom is 0.193 e. The number of aromatic nitrogens is 3. The van der Waals surface area contributed by atoms with Gasteiger partial charge in [0.2, 0.25) is 0 Å². The van der Waals surface area contributed by atoms with Crippen LogP contribution in [0.25, 0.3) is 11.2 Å². The molecule has 4 nitrogen and oxygen atoms in total. The molecular weight excluding hydrogens is 162 g/mol. The summed E-state index contributed by atoms with van der Waals surface area (Å²) in [6.07, 6.45) is 2.22. The van der Waals surface area contributed by atoms with Gasteiger partial charge in [-0.2, -0.15) is 8.75 Å². The van der Waals surface area contributed by atoms with Crippen molar-refractivity contribution in [2.75, 3.05) is 0 Å². The molecule has 0 aliphatic rings. The Morgan fingerprint density at radius 1 is 1.45 bits per heavy atom. The quantitative estimate of drug-likeness (QED) is 0.589. The van der Waals surface area contributed by atoms with Crippen LogP contribution < -0.4 is 0 Å². The van der Waals surface area contributed by atoms with Crippen molar-refractivity contribution < 1.29 is 4.79 Å². The Morgan fingerprint density at radius 2 is 2.36 bits per heavy atom. The summed E-state index contributed by atoms with van der Waals surface area (Å²) in [5.74, 6) is 0. The van der Waals surface area contributed by atoms with Gasteiger partial charge in [0, 0.05) is 11.8 Å². The second kappa shape index (κ2) is 2.35. The second-order valence-corrected chi connectivity index (χ2v) is 2.52. The van der Waals surface area contributed by atoms with Crippen molar-refractivity contribution in [1.82, 2.24) is 13.7 Å². The lowest BCUT2D eigenvalue weighted by atomic mass is 10.3. The molecule has 5 heteroatoms.